The molecule has 2 atom stereocenters. The fourth-order valence-corrected chi connectivity index (χ4v) is 4.93. The number of carbonyl (C=O) groups is 1. The van der Waals surface area contributed by atoms with Crippen LogP contribution in [-0.4, -0.2) is 57.3 Å². The molecule has 5 rings (SSSR count). The number of methoxy groups -OCH3 is 1. The largest absolute Gasteiger partial charge is 0.479 e. The lowest BCUT2D eigenvalue weighted by atomic mass is 9.82. The van der Waals surface area contributed by atoms with Crippen molar-refractivity contribution in [3.63, 3.8) is 0 Å². The average Bonchev–Trinajstić information content (AvgIpc) is 3.49. The van der Waals surface area contributed by atoms with E-state index in [1.165, 1.54) is 12.1 Å². The van der Waals surface area contributed by atoms with E-state index >= 15 is 0 Å². The Labute approximate surface area is 189 Å². The first-order valence-electron chi connectivity index (χ1n) is 10.8. The minimum Gasteiger partial charge on any atom is -0.479 e. The van der Waals surface area contributed by atoms with Crippen LogP contribution in [0.4, 0.5) is 4.39 Å². The van der Waals surface area contributed by atoms with Crippen molar-refractivity contribution >= 4 is 28.0 Å². The maximum atomic E-state index is 13.8. The number of carboxylic acids is 1. The highest BCUT2D eigenvalue weighted by Gasteiger charge is 2.40. The molecule has 0 spiro atoms. The lowest BCUT2D eigenvalue weighted by Gasteiger charge is -2.29. The van der Waals surface area contributed by atoms with Crippen molar-refractivity contribution in [3.8, 4) is 5.69 Å². The molecule has 1 aliphatic heterocycles. The van der Waals surface area contributed by atoms with E-state index in [0.29, 0.717) is 18.7 Å². The zero-order valence-electron chi connectivity index (χ0n) is 18.6. The number of hydrogen-bond acceptors (Lipinski definition) is 5. The van der Waals surface area contributed by atoms with Gasteiger partial charge in [0.1, 0.15) is 5.82 Å². The summed E-state index contributed by atoms with van der Waals surface area (Å²) < 4.78 is 27.1. The molecule has 8 nitrogen and oxygen atoms in total. The summed E-state index contributed by atoms with van der Waals surface area (Å²) in [5, 5.41) is 17.4. The molecule has 1 aliphatic rings. The number of pyridine rings is 1. The molecule has 0 radical (unpaired) electrons. The van der Waals surface area contributed by atoms with Crippen molar-refractivity contribution in [2.75, 3.05) is 20.3 Å². The van der Waals surface area contributed by atoms with Crippen LogP contribution in [0.25, 0.3) is 27.8 Å². The first-order valence-corrected chi connectivity index (χ1v) is 10.8. The maximum absolute atomic E-state index is 13.8. The van der Waals surface area contributed by atoms with Gasteiger partial charge >= 0.3 is 5.97 Å². The SMILES string of the molecule is COCC(C)(C)c1c(C2COC(C(=O)O)C2)c2nc3[nH]ncc3cc2n1-c1ccc(F)cc1. The Morgan fingerprint density at radius 2 is 2.12 bits per heavy atom. The molecule has 9 heteroatoms. The second-order valence-electron chi connectivity index (χ2n) is 9.15. The molecule has 4 aromatic rings. The van der Waals surface area contributed by atoms with E-state index in [1.807, 2.05) is 6.07 Å². The molecule has 33 heavy (non-hydrogen) atoms. The standard InChI is InChI=1S/C24H25FN4O4/c1-24(2,12-32-3)21-19(14-9-18(23(30)31)33-11-14)20-17(8-13-10-26-28-22(13)27-20)29(21)16-6-4-15(25)5-7-16/h4-8,10,14,18H,9,11-12H2,1-3H3,(H,30,31)(H,26,27,28). The Morgan fingerprint density at radius 1 is 1.36 bits per heavy atom. The van der Waals surface area contributed by atoms with Crippen LogP contribution in [0.1, 0.15) is 37.4 Å². The summed E-state index contributed by atoms with van der Waals surface area (Å²) in [5.41, 5.74) is 4.41. The van der Waals surface area contributed by atoms with Gasteiger partial charge in [-0.3, -0.25) is 5.10 Å². The van der Waals surface area contributed by atoms with E-state index in [-0.39, 0.29) is 18.3 Å². The van der Waals surface area contributed by atoms with Crippen LogP contribution in [0.5, 0.6) is 0 Å². The summed E-state index contributed by atoms with van der Waals surface area (Å²) in [7, 11) is 1.65. The molecular formula is C24H25FN4O4. The number of fused-ring (bicyclic) bond motifs is 2. The van der Waals surface area contributed by atoms with Gasteiger partial charge in [-0.1, -0.05) is 13.8 Å². The van der Waals surface area contributed by atoms with Crippen LogP contribution in [0.15, 0.2) is 36.5 Å². The van der Waals surface area contributed by atoms with Crippen molar-refractivity contribution in [1.82, 2.24) is 19.7 Å². The molecule has 172 valence electrons. The number of ether oxygens (including phenoxy) is 2. The molecule has 0 bridgehead atoms. The summed E-state index contributed by atoms with van der Waals surface area (Å²) in [6.45, 7) is 4.85. The highest BCUT2D eigenvalue weighted by Crippen LogP contribution is 2.44. The van der Waals surface area contributed by atoms with Crippen LogP contribution in [0.2, 0.25) is 0 Å². The van der Waals surface area contributed by atoms with Gasteiger partial charge in [0, 0.05) is 40.8 Å². The molecule has 4 heterocycles. The predicted molar refractivity (Wildman–Crippen MR) is 120 cm³/mol. The number of aromatic amines is 1. The highest BCUT2D eigenvalue weighted by atomic mass is 19.1. The van der Waals surface area contributed by atoms with Crippen molar-refractivity contribution in [2.24, 2.45) is 0 Å². The Morgan fingerprint density at radius 3 is 2.79 bits per heavy atom. The maximum Gasteiger partial charge on any atom is 0.332 e. The number of hydrogen-bond donors (Lipinski definition) is 2. The minimum atomic E-state index is -0.971. The summed E-state index contributed by atoms with van der Waals surface area (Å²) in [6.07, 6.45) is 1.19. The van der Waals surface area contributed by atoms with Gasteiger partial charge in [-0.05, 0) is 36.8 Å². The van der Waals surface area contributed by atoms with E-state index in [1.54, 1.807) is 25.4 Å². The van der Waals surface area contributed by atoms with E-state index < -0.39 is 17.5 Å². The number of nitrogens with zero attached hydrogens (tertiary/aromatic N) is 3. The first kappa shape index (κ1) is 21.5. The van der Waals surface area contributed by atoms with Gasteiger partial charge in [-0.2, -0.15) is 5.10 Å². The van der Waals surface area contributed by atoms with Crippen molar-refractivity contribution < 1.29 is 23.8 Å². The smallest absolute Gasteiger partial charge is 0.332 e. The third-order valence-corrected chi connectivity index (χ3v) is 6.29. The van der Waals surface area contributed by atoms with Gasteiger partial charge in [-0.25, -0.2) is 14.2 Å². The fourth-order valence-electron chi connectivity index (χ4n) is 4.93. The van der Waals surface area contributed by atoms with Crippen LogP contribution < -0.4 is 0 Å². The lowest BCUT2D eigenvalue weighted by molar-refractivity contribution is -0.147. The monoisotopic (exact) mass is 452 g/mol. The normalized spacial score (nSPS) is 19.0. The molecule has 2 N–H and O–H groups in total. The zero-order chi connectivity index (χ0) is 23.3. The Balaban J connectivity index is 1.86. The van der Waals surface area contributed by atoms with Gasteiger partial charge in [0.25, 0.3) is 0 Å². The fraction of sp³-hybridized carbons (Fsp3) is 0.375. The summed E-state index contributed by atoms with van der Waals surface area (Å²) >= 11 is 0. The van der Waals surface area contributed by atoms with E-state index in [9.17, 15) is 14.3 Å². The molecule has 1 fully saturated rings. The predicted octanol–water partition coefficient (Wildman–Crippen LogP) is 3.92. The molecule has 0 aliphatic carbocycles. The number of benzene rings is 1. The van der Waals surface area contributed by atoms with Crippen LogP contribution in [-0.2, 0) is 19.7 Å². The summed E-state index contributed by atoms with van der Waals surface area (Å²) in [4.78, 5) is 16.5. The number of rotatable bonds is 6. The van der Waals surface area contributed by atoms with Crippen LogP contribution in [0, 0.1) is 5.82 Å². The molecule has 0 amide bonds. The van der Waals surface area contributed by atoms with Crippen molar-refractivity contribution in [1.29, 1.82) is 0 Å². The molecule has 0 saturated carbocycles. The second-order valence-corrected chi connectivity index (χ2v) is 9.15. The molecular weight excluding hydrogens is 427 g/mol. The molecule has 2 unspecified atom stereocenters. The number of nitrogens with one attached hydrogen (secondary N) is 1. The van der Waals surface area contributed by atoms with Gasteiger partial charge in [0.05, 0.1) is 30.4 Å². The number of carboxylic acid groups (broad SMARTS) is 1. The third-order valence-electron chi connectivity index (χ3n) is 6.29. The van der Waals surface area contributed by atoms with E-state index in [0.717, 1.165) is 33.4 Å². The highest BCUT2D eigenvalue weighted by molar-refractivity contribution is 5.94. The van der Waals surface area contributed by atoms with E-state index in [2.05, 4.69) is 28.6 Å². The summed E-state index contributed by atoms with van der Waals surface area (Å²) in [5.74, 6) is -1.47. The quantitative estimate of drug-likeness (QED) is 0.460. The van der Waals surface area contributed by atoms with Crippen molar-refractivity contribution in [3.05, 3.63) is 53.6 Å². The molecule has 1 aromatic carbocycles. The Hall–Kier alpha value is -3.30. The lowest BCUT2D eigenvalue weighted by Crippen LogP contribution is -2.29. The van der Waals surface area contributed by atoms with Gasteiger partial charge < -0.3 is 19.1 Å². The van der Waals surface area contributed by atoms with Gasteiger partial charge in [-0.15, -0.1) is 0 Å². The number of aliphatic carboxylic acids is 1. The second kappa shape index (κ2) is 7.93. The molecule has 1 saturated heterocycles. The Kier molecular flexibility index (Phi) is 5.18. The topological polar surface area (TPSA) is 102 Å². The summed E-state index contributed by atoms with van der Waals surface area (Å²) in [6, 6.07) is 8.32. The van der Waals surface area contributed by atoms with Gasteiger partial charge in [0.2, 0.25) is 0 Å². The van der Waals surface area contributed by atoms with E-state index in [4.69, 9.17) is 14.5 Å². The third kappa shape index (κ3) is 3.57. The molecule has 3 aromatic heterocycles. The van der Waals surface area contributed by atoms with Crippen LogP contribution >= 0.6 is 0 Å². The minimum absolute atomic E-state index is 0.172. The Bertz CT molecular complexity index is 1340. The number of H-pyrrole nitrogens is 1. The van der Waals surface area contributed by atoms with Gasteiger partial charge in [0.15, 0.2) is 11.8 Å². The van der Waals surface area contributed by atoms with Crippen LogP contribution in [0.3, 0.4) is 0 Å². The number of halogens is 1. The zero-order valence-corrected chi connectivity index (χ0v) is 18.6. The average molecular weight is 452 g/mol. The van der Waals surface area contributed by atoms with Crippen molar-refractivity contribution in [2.45, 2.75) is 37.7 Å². The first-order chi connectivity index (χ1) is 15.8. The number of aromatic nitrogens is 4.